The second-order valence-electron chi connectivity index (χ2n) is 4.43. The van der Waals surface area contributed by atoms with Crippen LogP contribution in [-0.2, 0) is 0 Å². The van der Waals surface area contributed by atoms with Crippen molar-refractivity contribution in [3.63, 3.8) is 0 Å². The maximum absolute atomic E-state index is 13.6. The third kappa shape index (κ3) is 2.28. The summed E-state index contributed by atoms with van der Waals surface area (Å²) in [7, 11) is 0. The van der Waals surface area contributed by atoms with Crippen molar-refractivity contribution in [3.05, 3.63) is 33.8 Å². The van der Waals surface area contributed by atoms with Gasteiger partial charge in [-0.1, -0.05) is 6.92 Å². The maximum atomic E-state index is 13.6. The van der Waals surface area contributed by atoms with Crippen molar-refractivity contribution in [2.45, 2.75) is 25.9 Å². The van der Waals surface area contributed by atoms with E-state index in [1.807, 2.05) is 6.92 Å². The van der Waals surface area contributed by atoms with Crippen LogP contribution in [0.15, 0.2) is 16.6 Å². The average molecular weight is 291 g/mol. The summed E-state index contributed by atoms with van der Waals surface area (Å²) < 4.78 is 26.9. The molecule has 1 N–H and O–H groups in total. The molecular weight excluding hydrogens is 278 g/mol. The summed E-state index contributed by atoms with van der Waals surface area (Å²) >= 11 is 2.91. The normalized spacial score (nSPS) is 19.6. The summed E-state index contributed by atoms with van der Waals surface area (Å²) in [4.78, 5) is 0. The highest BCUT2D eigenvalue weighted by Gasteiger charge is 2.34. The average Bonchev–Trinajstić information content (AvgIpc) is 3.05. The van der Waals surface area contributed by atoms with Crippen LogP contribution in [0.3, 0.4) is 0 Å². The quantitative estimate of drug-likeness (QED) is 0.840. The Morgan fingerprint density at radius 1 is 1.31 bits per heavy atom. The van der Waals surface area contributed by atoms with Crippen molar-refractivity contribution in [2.75, 3.05) is 0 Å². The standard InChI is InChI=1S/C12H13BrF2O/c1-6(7-2-3-7)12(16)8-4-11(15)9(13)5-10(8)14/h4-7,12,16H,2-3H2,1H3. The zero-order valence-electron chi connectivity index (χ0n) is 8.88. The molecule has 0 radical (unpaired) electrons. The first-order valence-electron chi connectivity index (χ1n) is 5.33. The van der Waals surface area contributed by atoms with Gasteiger partial charge in [-0.3, -0.25) is 0 Å². The van der Waals surface area contributed by atoms with E-state index in [-0.39, 0.29) is 16.0 Å². The number of aliphatic hydroxyl groups is 1. The zero-order valence-corrected chi connectivity index (χ0v) is 10.5. The van der Waals surface area contributed by atoms with Gasteiger partial charge >= 0.3 is 0 Å². The lowest BCUT2D eigenvalue weighted by atomic mass is 9.93. The van der Waals surface area contributed by atoms with Gasteiger partial charge in [-0.05, 0) is 52.7 Å². The molecule has 0 bridgehead atoms. The Labute approximate surface area is 102 Å². The van der Waals surface area contributed by atoms with Crippen LogP contribution in [-0.4, -0.2) is 5.11 Å². The van der Waals surface area contributed by atoms with E-state index in [0.29, 0.717) is 5.92 Å². The van der Waals surface area contributed by atoms with Gasteiger partial charge in [-0.2, -0.15) is 0 Å². The predicted octanol–water partition coefficient (Wildman–Crippen LogP) is 3.81. The van der Waals surface area contributed by atoms with E-state index in [1.54, 1.807) is 0 Å². The number of halogens is 3. The molecule has 0 amide bonds. The Balaban J connectivity index is 2.28. The highest BCUT2D eigenvalue weighted by molar-refractivity contribution is 9.10. The molecular formula is C12H13BrF2O. The highest BCUT2D eigenvalue weighted by Crippen LogP contribution is 2.43. The number of benzene rings is 1. The molecule has 0 spiro atoms. The minimum atomic E-state index is -0.921. The molecule has 1 fully saturated rings. The molecule has 1 aromatic rings. The molecule has 2 unspecified atom stereocenters. The third-order valence-electron chi connectivity index (χ3n) is 3.22. The minimum Gasteiger partial charge on any atom is -0.388 e. The number of aliphatic hydroxyl groups excluding tert-OH is 1. The molecule has 0 heterocycles. The van der Waals surface area contributed by atoms with Gasteiger partial charge in [0.1, 0.15) is 11.6 Å². The monoisotopic (exact) mass is 290 g/mol. The Morgan fingerprint density at radius 2 is 1.94 bits per heavy atom. The molecule has 1 aliphatic rings. The summed E-state index contributed by atoms with van der Waals surface area (Å²) in [5.41, 5.74) is 0.0556. The van der Waals surface area contributed by atoms with Gasteiger partial charge in [-0.25, -0.2) is 8.78 Å². The van der Waals surface area contributed by atoms with Crippen molar-refractivity contribution in [1.29, 1.82) is 0 Å². The third-order valence-corrected chi connectivity index (χ3v) is 3.83. The van der Waals surface area contributed by atoms with Crippen LogP contribution < -0.4 is 0 Å². The SMILES string of the molecule is CC(C1CC1)C(O)c1cc(F)c(Br)cc1F. The predicted molar refractivity (Wildman–Crippen MR) is 60.9 cm³/mol. The van der Waals surface area contributed by atoms with E-state index < -0.39 is 17.7 Å². The highest BCUT2D eigenvalue weighted by atomic mass is 79.9. The van der Waals surface area contributed by atoms with E-state index in [4.69, 9.17) is 0 Å². The van der Waals surface area contributed by atoms with Gasteiger partial charge in [0.15, 0.2) is 0 Å². The van der Waals surface area contributed by atoms with E-state index in [1.165, 1.54) is 0 Å². The molecule has 16 heavy (non-hydrogen) atoms. The Kier molecular flexibility index (Phi) is 3.31. The number of rotatable bonds is 3. The molecule has 4 heteroatoms. The first-order valence-corrected chi connectivity index (χ1v) is 6.12. The maximum Gasteiger partial charge on any atom is 0.137 e. The summed E-state index contributed by atoms with van der Waals surface area (Å²) in [5.74, 6) is -0.678. The van der Waals surface area contributed by atoms with Crippen LogP contribution in [0, 0.1) is 23.5 Å². The molecule has 2 rings (SSSR count). The van der Waals surface area contributed by atoms with E-state index in [0.717, 1.165) is 25.0 Å². The molecule has 1 aromatic carbocycles. The fourth-order valence-electron chi connectivity index (χ4n) is 1.93. The van der Waals surface area contributed by atoms with Crippen molar-refractivity contribution in [3.8, 4) is 0 Å². The summed E-state index contributed by atoms with van der Waals surface area (Å²) in [5, 5.41) is 9.97. The summed E-state index contributed by atoms with van der Waals surface area (Å²) in [6.07, 6.45) is 1.22. The van der Waals surface area contributed by atoms with E-state index >= 15 is 0 Å². The Bertz CT molecular complexity index is 404. The lowest BCUT2D eigenvalue weighted by molar-refractivity contribution is 0.102. The molecule has 2 atom stereocenters. The van der Waals surface area contributed by atoms with Crippen LogP contribution in [0.4, 0.5) is 8.78 Å². The fourth-order valence-corrected chi connectivity index (χ4v) is 2.24. The lowest BCUT2D eigenvalue weighted by Crippen LogP contribution is -2.13. The number of hydrogen-bond acceptors (Lipinski definition) is 1. The first-order chi connectivity index (χ1) is 7.50. The Morgan fingerprint density at radius 3 is 2.50 bits per heavy atom. The van der Waals surface area contributed by atoms with Crippen LogP contribution in [0.2, 0.25) is 0 Å². The van der Waals surface area contributed by atoms with Crippen molar-refractivity contribution in [1.82, 2.24) is 0 Å². The molecule has 0 aromatic heterocycles. The molecule has 1 aliphatic carbocycles. The Hall–Kier alpha value is -0.480. The van der Waals surface area contributed by atoms with Crippen LogP contribution in [0.5, 0.6) is 0 Å². The zero-order chi connectivity index (χ0) is 11.9. The molecule has 0 saturated heterocycles. The van der Waals surface area contributed by atoms with Crippen molar-refractivity contribution >= 4 is 15.9 Å². The van der Waals surface area contributed by atoms with Crippen LogP contribution >= 0.6 is 15.9 Å². The topological polar surface area (TPSA) is 20.2 Å². The molecule has 0 aliphatic heterocycles. The second kappa shape index (κ2) is 4.41. The first kappa shape index (κ1) is 12.0. The molecule has 1 nitrogen and oxygen atoms in total. The van der Waals surface area contributed by atoms with Gasteiger partial charge in [0.05, 0.1) is 10.6 Å². The van der Waals surface area contributed by atoms with Gasteiger partial charge in [0.2, 0.25) is 0 Å². The minimum absolute atomic E-state index is 0.0184. The summed E-state index contributed by atoms with van der Waals surface area (Å²) in [6, 6.07) is 2.14. The van der Waals surface area contributed by atoms with Crippen molar-refractivity contribution < 1.29 is 13.9 Å². The van der Waals surface area contributed by atoms with Crippen LogP contribution in [0.1, 0.15) is 31.4 Å². The van der Waals surface area contributed by atoms with Crippen LogP contribution in [0.25, 0.3) is 0 Å². The fraction of sp³-hybridized carbons (Fsp3) is 0.500. The molecule has 88 valence electrons. The van der Waals surface area contributed by atoms with E-state index in [9.17, 15) is 13.9 Å². The molecule has 1 saturated carbocycles. The number of hydrogen-bond donors (Lipinski definition) is 1. The van der Waals surface area contributed by atoms with Gasteiger partial charge < -0.3 is 5.11 Å². The largest absolute Gasteiger partial charge is 0.388 e. The van der Waals surface area contributed by atoms with Gasteiger partial charge in [0.25, 0.3) is 0 Å². The van der Waals surface area contributed by atoms with Gasteiger partial charge in [0, 0.05) is 5.56 Å². The second-order valence-corrected chi connectivity index (χ2v) is 5.28. The van der Waals surface area contributed by atoms with Gasteiger partial charge in [-0.15, -0.1) is 0 Å². The van der Waals surface area contributed by atoms with E-state index in [2.05, 4.69) is 15.9 Å². The van der Waals surface area contributed by atoms with Crippen molar-refractivity contribution in [2.24, 2.45) is 11.8 Å². The lowest BCUT2D eigenvalue weighted by Gasteiger charge is -2.19. The summed E-state index contributed by atoms with van der Waals surface area (Å²) in [6.45, 7) is 1.88. The smallest absolute Gasteiger partial charge is 0.137 e.